The van der Waals surface area contributed by atoms with Crippen LogP contribution in [0.15, 0.2) is 24.5 Å². The third-order valence-electron chi connectivity index (χ3n) is 5.10. The second-order valence-electron chi connectivity index (χ2n) is 7.98. The molecule has 2 N–H and O–H groups in total. The van der Waals surface area contributed by atoms with E-state index in [9.17, 15) is 18.0 Å². The van der Waals surface area contributed by atoms with Crippen LogP contribution in [0.4, 0.5) is 0 Å². The van der Waals surface area contributed by atoms with E-state index in [0.29, 0.717) is 11.3 Å². The van der Waals surface area contributed by atoms with E-state index in [2.05, 4.69) is 25.6 Å². The Bertz CT molecular complexity index is 1300. The van der Waals surface area contributed by atoms with Crippen molar-refractivity contribution in [3.63, 3.8) is 0 Å². The fraction of sp³-hybridized carbons (Fsp3) is 0.381. The number of thiazole rings is 1. The van der Waals surface area contributed by atoms with Crippen molar-refractivity contribution in [2.75, 3.05) is 12.8 Å². The number of nitrogens with one attached hydrogen (secondary N) is 2. The number of aryl methyl sites for hydroxylation is 2. The lowest BCUT2D eigenvalue weighted by Gasteiger charge is -2.12. The Hall–Kier alpha value is -2.92. The molecule has 0 radical (unpaired) electrons. The van der Waals surface area contributed by atoms with Crippen LogP contribution >= 0.6 is 11.3 Å². The monoisotopic (exact) mass is 473 g/mol. The minimum absolute atomic E-state index is 0.158. The van der Waals surface area contributed by atoms with Gasteiger partial charge in [0.1, 0.15) is 10.8 Å². The fourth-order valence-electron chi connectivity index (χ4n) is 3.31. The van der Waals surface area contributed by atoms with Gasteiger partial charge < -0.3 is 10.6 Å². The Balaban J connectivity index is 1.63. The molecule has 1 aromatic carbocycles. The zero-order valence-electron chi connectivity index (χ0n) is 17.9. The van der Waals surface area contributed by atoms with Gasteiger partial charge in [-0.15, -0.1) is 11.3 Å². The minimum atomic E-state index is -3.82. The van der Waals surface area contributed by atoms with Crippen LogP contribution in [0.1, 0.15) is 34.5 Å². The van der Waals surface area contributed by atoms with Crippen LogP contribution in [0.3, 0.4) is 0 Å². The number of hydrogen-bond donors (Lipinski definition) is 2. The van der Waals surface area contributed by atoms with E-state index in [1.165, 1.54) is 0 Å². The highest BCUT2D eigenvalue weighted by atomic mass is 32.2. The first-order chi connectivity index (χ1) is 15.1. The van der Waals surface area contributed by atoms with Crippen LogP contribution in [0.5, 0.6) is 0 Å². The number of fused-ring (bicyclic) bond motifs is 1. The molecule has 0 bridgehead atoms. The van der Waals surface area contributed by atoms with Gasteiger partial charge in [-0.1, -0.05) is 0 Å². The summed E-state index contributed by atoms with van der Waals surface area (Å²) < 4.78 is 25.7. The first-order valence-electron chi connectivity index (χ1n) is 10.1. The lowest BCUT2D eigenvalue weighted by atomic mass is 10.0. The van der Waals surface area contributed by atoms with Crippen molar-refractivity contribution in [2.45, 2.75) is 38.0 Å². The van der Waals surface area contributed by atoms with Gasteiger partial charge in [0.2, 0.25) is 11.8 Å². The molecule has 4 rings (SSSR count). The van der Waals surface area contributed by atoms with Crippen molar-refractivity contribution in [3.05, 3.63) is 40.9 Å². The van der Waals surface area contributed by atoms with Crippen molar-refractivity contribution in [2.24, 2.45) is 0 Å². The summed E-state index contributed by atoms with van der Waals surface area (Å²) in [5.41, 5.74) is 3.28. The molecule has 168 valence electrons. The maximum Gasteiger partial charge on any atom is 0.245 e. The minimum Gasteiger partial charge on any atom is -0.352 e. The van der Waals surface area contributed by atoms with Gasteiger partial charge in [-0.25, -0.2) is 23.4 Å². The lowest BCUT2D eigenvalue weighted by molar-refractivity contribution is -0.126. The molecule has 0 spiro atoms. The number of carbonyl (C=O) groups is 2. The molecule has 2 heterocycles. The number of aromatic nitrogens is 3. The van der Waals surface area contributed by atoms with Gasteiger partial charge in [-0.3, -0.25) is 9.59 Å². The smallest absolute Gasteiger partial charge is 0.245 e. The third-order valence-corrected chi connectivity index (χ3v) is 7.63. The number of amides is 2. The van der Waals surface area contributed by atoms with E-state index in [1.807, 2.05) is 19.1 Å². The van der Waals surface area contributed by atoms with Gasteiger partial charge in [0.15, 0.2) is 15.1 Å². The summed E-state index contributed by atoms with van der Waals surface area (Å²) in [5.74, 6) is -0.431. The Labute approximate surface area is 189 Å². The molecule has 2 aromatic heterocycles. The van der Waals surface area contributed by atoms with Crippen molar-refractivity contribution >= 4 is 43.2 Å². The molecule has 1 unspecified atom stereocenters. The Morgan fingerprint density at radius 2 is 1.88 bits per heavy atom. The molecule has 1 atom stereocenters. The summed E-state index contributed by atoms with van der Waals surface area (Å²) in [5, 5.41) is 3.87. The maximum absolute atomic E-state index is 12.7. The normalized spacial score (nSPS) is 14.8. The highest BCUT2D eigenvalue weighted by Crippen LogP contribution is 2.35. The van der Waals surface area contributed by atoms with Crippen molar-refractivity contribution < 1.29 is 18.0 Å². The molecule has 2 amide bonds. The molecule has 32 heavy (non-hydrogen) atoms. The van der Waals surface area contributed by atoms with Gasteiger partial charge in [-0.2, -0.15) is 0 Å². The highest BCUT2D eigenvalue weighted by Gasteiger charge is 2.34. The van der Waals surface area contributed by atoms with Crippen LogP contribution in [0.25, 0.3) is 21.3 Å². The summed E-state index contributed by atoms with van der Waals surface area (Å²) in [4.78, 5) is 37.5. The number of nitrogens with zero attached hydrogens (tertiary/aromatic N) is 3. The fourth-order valence-corrected chi connectivity index (χ4v) is 5.84. The van der Waals surface area contributed by atoms with Crippen LogP contribution in [-0.2, 0) is 19.4 Å². The Kier molecular flexibility index (Phi) is 5.95. The Morgan fingerprint density at radius 3 is 2.50 bits per heavy atom. The van der Waals surface area contributed by atoms with Crippen LogP contribution in [-0.4, -0.2) is 54.0 Å². The van der Waals surface area contributed by atoms with E-state index in [-0.39, 0.29) is 23.5 Å². The molecular weight excluding hydrogens is 450 g/mol. The summed E-state index contributed by atoms with van der Waals surface area (Å²) in [6.45, 7) is 3.46. The molecule has 1 aliphatic rings. The molecule has 1 fully saturated rings. The molecule has 1 aliphatic carbocycles. The predicted octanol–water partition coefficient (Wildman–Crippen LogP) is 1.85. The van der Waals surface area contributed by atoms with Crippen LogP contribution in [0.2, 0.25) is 0 Å². The zero-order valence-corrected chi connectivity index (χ0v) is 19.5. The van der Waals surface area contributed by atoms with Gasteiger partial charge in [0.25, 0.3) is 0 Å². The van der Waals surface area contributed by atoms with E-state index in [4.69, 9.17) is 0 Å². The second-order valence-corrected chi connectivity index (χ2v) is 11.2. The van der Waals surface area contributed by atoms with Gasteiger partial charge in [-0.05, 0) is 49.9 Å². The highest BCUT2D eigenvalue weighted by molar-refractivity contribution is 7.91. The average molecular weight is 474 g/mol. The standard InChI is InChI=1S/C21H23N5O4S2/c1-11-6-16-17(7-15(11)13-8-22-12(2)23-9-13)31-21(26-16)19(32(3,29)30)20(28)24-10-18(27)25-14-4-5-14/h6-9,14,19H,4-5,10H2,1-3H3,(H,24,28)(H,25,27). The van der Waals surface area contributed by atoms with E-state index >= 15 is 0 Å². The van der Waals surface area contributed by atoms with Crippen molar-refractivity contribution in [3.8, 4) is 11.1 Å². The average Bonchev–Trinajstić information content (AvgIpc) is 3.43. The number of rotatable bonds is 7. The zero-order chi connectivity index (χ0) is 23.0. The first kappa shape index (κ1) is 22.3. The van der Waals surface area contributed by atoms with Gasteiger partial charge in [0.05, 0.1) is 16.8 Å². The molecular formula is C21H23N5O4S2. The number of carbonyl (C=O) groups excluding carboxylic acids is 2. The number of benzene rings is 1. The summed E-state index contributed by atoms with van der Waals surface area (Å²) in [7, 11) is -3.82. The first-order valence-corrected chi connectivity index (χ1v) is 12.8. The summed E-state index contributed by atoms with van der Waals surface area (Å²) in [6, 6.07) is 3.91. The van der Waals surface area contributed by atoms with Gasteiger partial charge >= 0.3 is 0 Å². The third kappa shape index (κ3) is 4.94. The summed E-state index contributed by atoms with van der Waals surface area (Å²) >= 11 is 1.14. The topological polar surface area (TPSA) is 131 Å². The lowest BCUT2D eigenvalue weighted by Crippen LogP contribution is -2.41. The molecule has 11 heteroatoms. The molecule has 3 aromatic rings. The van der Waals surface area contributed by atoms with E-state index in [0.717, 1.165) is 51.8 Å². The largest absolute Gasteiger partial charge is 0.352 e. The van der Waals surface area contributed by atoms with E-state index < -0.39 is 21.0 Å². The Morgan fingerprint density at radius 1 is 1.19 bits per heavy atom. The molecule has 0 aliphatic heterocycles. The number of sulfone groups is 1. The van der Waals surface area contributed by atoms with Crippen LogP contribution in [0, 0.1) is 13.8 Å². The molecule has 1 saturated carbocycles. The van der Waals surface area contributed by atoms with Crippen LogP contribution < -0.4 is 10.6 Å². The predicted molar refractivity (Wildman–Crippen MR) is 122 cm³/mol. The SMILES string of the molecule is Cc1ncc(-c2cc3sc(C(C(=O)NCC(=O)NC4CC4)S(C)(=O)=O)nc3cc2C)cn1. The van der Waals surface area contributed by atoms with Gasteiger partial charge in [0, 0.05) is 30.3 Å². The summed E-state index contributed by atoms with van der Waals surface area (Å²) in [6.07, 6.45) is 6.31. The molecule has 9 nitrogen and oxygen atoms in total. The second kappa shape index (κ2) is 8.55. The number of hydrogen-bond acceptors (Lipinski definition) is 8. The van der Waals surface area contributed by atoms with E-state index in [1.54, 1.807) is 19.3 Å². The molecule has 0 saturated heterocycles. The van der Waals surface area contributed by atoms with Crippen molar-refractivity contribution in [1.29, 1.82) is 0 Å². The maximum atomic E-state index is 12.7. The quantitative estimate of drug-likeness (QED) is 0.535. The van der Waals surface area contributed by atoms with Crippen molar-refractivity contribution in [1.82, 2.24) is 25.6 Å².